The summed E-state index contributed by atoms with van der Waals surface area (Å²) in [5, 5.41) is 26.1. The highest BCUT2D eigenvalue weighted by Gasteiger charge is 2.45. The molecule has 0 spiro atoms. The number of carboxylic acids is 2. The molecule has 4 unspecified atom stereocenters. The Morgan fingerprint density at radius 2 is 1.58 bits per heavy atom. The number of Topliss-reactive ketones (excluding diaryl/α,β-unsaturated/α-hetero) is 1. The second-order valence-electron chi connectivity index (χ2n) is 10.9. The zero-order chi connectivity index (χ0) is 32.7. The van der Waals surface area contributed by atoms with Gasteiger partial charge in [-0.05, 0) is 29.5 Å². The molecule has 2 aliphatic rings. The third kappa shape index (κ3) is 8.47. The zero-order valence-electron chi connectivity index (χ0n) is 24.5. The van der Waals surface area contributed by atoms with Crippen LogP contribution in [0.25, 0.3) is 0 Å². The van der Waals surface area contributed by atoms with Crippen LogP contribution in [-0.2, 0) is 52.2 Å². The second-order valence-corrected chi connectivity index (χ2v) is 11.9. The normalized spacial score (nSPS) is 18.2. The molecule has 2 aromatic carbocycles. The van der Waals surface area contributed by atoms with Crippen LogP contribution in [0.3, 0.4) is 0 Å². The minimum Gasteiger partial charge on any atom is -0.481 e. The van der Waals surface area contributed by atoms with Crippen LogP contribution in [0.4, 0.5) is 5.69 Å². The second kappa shape index (κ2) is 14.8. The molecule has 0 saturated carbocycles. The fourth-order valence-electron chi connectivity index (χ4n) is 5.51. The summed E-state index contributed by atoms with van der Waals surface area (Å²) in [5.41, 5.74) is 2.96. The summed E-state index contributed by atoms with van der Waals surface area (Å²) in [6.45, 7) is 1.13. The SMILES string of the molecule is CC(=O)NC(CC(=O)O)C(=O)NC1CCc2cccc3c2N(C1=O)C(C(=O)NC(CC(=O)O)C(=O)CSCc1ccccc1)C3. The summed E-state index contributed by atoms with van der Waals surface area (Å²) in [6.07, 6.45) is -0.737. The Morgan fingerprint density at radius 3 is 2.24 bits per heavy atom. The molecule has 0 aliphatic carbocycles. The number of carboxylic acid groups (broad SMARTS) is 2. The number of thioether (sulfide) groups is 1. The van der Waals surface area contributed by atoms with Crippen molar-refractivity contribution in [2.45, 2.75) is 68.9 Å². The number of nitrogens with one attached hydrogen (secondary N) is 3. The van der Waals surface area contributed by atoms with Gasteiger partial charge in [0.15, 0.2) is 5.78 Å². The van der Waals surface area contributed by atoms with Crippen molar-refractivity contribution in [3.05, 3.63) is 65.2 Å². The van der Waals surface area contributed by atoms with Crippen LogP contribution < -0.4 is 20.9 Å². The van der Waals surface area contributed by atoms with E-state index in [1.807, 2.05) is 30.3 Å². The van der Waals surface area contributed by atoms with Crippen molar-refractivity contribution in [3.63, 3.8) is 0 Å². The lowest BCUT2D eigenvalue weighted by Gasteiger charge is -2.29. The van der Waals surface area contributed by atoms with Gasteiger partial charge in [0.2, 0.25) is 23.6 Å². The number of hydrogen-bond acceptors (Lipinski definition) is 8. The molecular weight excluding hydrogens is 604 g/mol. The average Bonchev–Trinajstić information content (AvgIpc) is 3.32. The summed E-state index contributed by atoms with van der Waals surface area (Å²) < 4.78 is 0. The molecule has 238 valence electrons. The van der Waals surface area contributed by atoms with Gasteiger partial charge in [-0.15, -0.1) is 11.8 Å². The van der Waals surface area contributed by atoms with Crippen molar-refractivity contribution in [2.24, 2.45) is 0 Å². The Balaban J connectivity index is 1.52. The van der Waals surface area contributed by atoms with Gasteiger partial charge in [0.05, 0.1) is 30.3 Å². The third-order valence-corrected chi connectivity index (χ3v) is 8.56. The highest BCUT2D eigenvalue weighted by atomic mass is 32.2. The van der Waals surface area contributed by atoms with Crippen LogP contribution in [0.15, 0.2) is 48.5 Å². The molecule has 13 nitrogen and oxygen atoms in total. The summed E-state index contributed by atoms with van der Waals surface area (Å²) >= 11 is 1.29. The number of aliphatic carboxylic acids is 2. The first-order valence-electron chi connectivity index (χ1n) is 14.3. The van der Waals surface area contributed by atoms with Gasteiger partial charge >= 0.3 is 11.9 Å². The monoisotopic (exact) mass is 638 g/mol. The van der Waals surface area contributed by atoms with Gasteiger partial charge in [-0.2, -0.15) is 0 Å². The molecule has 14 heteroatoms. The highest BCUT2D eigenvalue weighted by Crippen LogP contribution is 2.39. The molecule has 45 heavy (non-hydrogen) atoms. The minimum atomic E-state index is -1.42. The fourth-order valence-corrected chi connectivity index (χ4v) is 6.44. The van der Waals surface area contributed by atoms with Gasteiger partial charge in [0.25, 0.3) is 0 Å². The van der Waals surface area contributed by atoms with E-state index in [4.69, 9.17) is 0 Å². The maximum atomic E-state index is 13.9. The molecule has 4 rings (SSSR count). The van der Waals surface area contributed by atoms with E-state index >= 15 is 0 Å². The van der Waals surface area contributed by atoms with Crippen molar-refractivity contribution >= 4 is 58.8 Å². The number of rotatable bonds is 14. The molecule has 0 radical (unpaired) electrons. The predicted octanol–water partition coefficient (Wildman–Crippen LogP) is 0.817. The van der Waals surface area contributed by atoms with Gasteiger partial charge in [0.1, 0.15) is 18.1 Å². The smallest absolute Gasteiger partial charge is 0.305 e. The molecule has 0 fully saturated rings. The van der Waals surface area contributed by atoms with Crippen molar-refractivity contribution < 1.29 is 43.8 Å². The van der Waals surface area contributed by atoms with E-state index < -0.39 is 78.4 Å². The number of para-hydroxylation sites is 1. The lowest BCUT2D eigenvalue weighted by molar-refractivity contribution is -0.141. The van der Waals surface area contributed by atoms with Crippen LogP contribution in [-0.4, -0.2) is 81.5 Å². The first-order chi connectivity index (χ1) is 21.4. The first-order valence-corrected chi connectivity index (χ1v) is 15.5. The van der Waals surface area contributed by atoms with E-state index in [0.717, 1.165) is 18.1 Å². The molecule has 4 atom stereocenters. The summed E-state index contributed by atoms with van der Waals surface area (Å²) in [6, 6.07) is 9.75. The summed E-state index contributed by atoms with van der Waals surface area (Å²) in [5.74, 6) is -5.42. The number of hydrogen-bond donors (Lipinski definition) is 5. The lowest BCUT2D eigenvalue weighted by atomic mass is 10.0. The van der Waals surface area contributed by atoms with Gasteiger partial charge in [-0.25, -0.2) is 0 Å². The largest absolute Gasteiger partial charge is 0.481 e. The van der Waals surface area contributed by atoms with Crippen LogP contribution in [0.1, 0.15) is 42.9 Å². The summed E-state index contributed by atoms with van der Waals surface area (Å²) in [7, 11) is 0. The number of anilines is 1. The number of nitrogens with zero attached hydrogens (tertiary/aromatic N) is 1. The summed E-state index contributed by atoms with van der Waals surface area (Å²) in [4.78, 5) is 89.5. The van der Waals surface area contributed by atoms with E-state index in [2.05, 4.69) is 16.0 Å². The average molecular weight is 639 g/mol. The number of carbonyl (C=O) groups is 7. The molecule has 0 aromatic heterocycles. The van der Waals surface area contributed by atoms with E-state index in [1.165, 1.54) is 16.7 Å². The Labute approximate surface area is 263 Å². The Kier molecular flexibility index (Phi) is 10.9. The number of benzene rings is 2. The Hall–Kier alpha value is -4.72. The molecule has 0 bridgehead atoms. The highest BCUT2D eigenvalue weighted by molar-refractivity contribution is 7.99. The number of aryl methyl sites for hydroxylation is 1. The molecule has 2 aliphatic heterocycles. The van der Waals surface area contributed by atoms with Gasteiger partial charge < -0.3 is 26.2 Å². The van der Waals surface area contributed by atoms with Crippen LogP contribution in [0.2, 0.25) is 0 Å². The Morgan fingerprint density at radius 1 is 0.911 bits per heavy atom. The van der Waals surface area contributed by atoms with E-state index in [9.17, 15) is 43.8 Å². The number of ketones is 1. The van der Waals surface area contributed by atoms with Gasteiger partial charge in [0, 0.05) is 19.1 Å². The van der Waals surface area contributed by atoms with Crippen LogP contribution >= 0.6 is 11.8 Å². The third-order valence-electron chi connectivity index (χ3n) is 7.54. The van der Waals surface area contributed by atoms with Crippen molar-refractivity contribution in [2.75, 3.05) is 10.7 Å². The van der Waals surface area contributed by atoms with E-state index in [0.29, 0.717) is 23.4 Å². The molecule has 2 aromatic rings. The molecule has 5 N–H and O–H groups in total. The van der Waals surface area contributed by atoms with Crippen molar-refractivity contribution in [1.82, 2.24) is 16.0 Å². The maximum absolute atomic E-state index is 13.9. The molecule has 4 amide bonds. The van der Waals surface area contributed by atoms with Gasteiger partial charge in [-0.1, -0.05) is 48.5 Å². The maximum Gasteiger partial charge on any atom is 0.305 e. The van der Waals surface area contributed by atoms with Crippen LogP contribution in [0.5, 0.6) is 0 Å². The molecule has 0 saturated heterocycles. The zero-order valence-corrected chi connectivity index (χ0v) is 25.3. The predicted molar refractivity (Wildman–Crippen MR) is 163 cm³/mol. The van der Waals surface area contributed by atoms with Crippen LogP contribution in [0, 0.1) is 0 Å². The van der Waals surface area contributed by atoms with Gasteiger partial charge in [-0.3, -0.25) is 38.5 Å². The van der Waals surface area contributed by atoms with Crippen molar-refractivity contribution in [1.29, 1.82) is 0 Å². The topological polar surface area (TPSA) is 199 Å². The molecule has 2 heterocycles. The van der Waals surface area contributed by atoms with E-state index in [1.54, 1.807) is 18.2 Å². The standard InChI is InChI=1S/C31H34N4O9S/c1-17(36)32-23(14-27(40)41)29(42)33-21-11-10-19-8-5-9-20-12-24(35(28(19)20)31(21)44)30(43)34-22(13-26(38)39)25(37)16-45-15-18-6-3-2-4-7-18/h2-9,21-24H,10-16H2,1H3,(H,32,36)(H,33,42)(H,34,43)(H,38,39)(H,40,41). The lowest BCUT2D eigenvalue weighted by Crippen LogP contribution is -2.58. The quantitative estimate of drug-likeness (QED) is 0.197. The fraction of sp³-hybridized carbons (Fsp3) is 0.387. The minimum absolute atomic E-state index is 0.0370. The Bertz CT molecular complexity index is 1480. The van der Waals surface area contributed by atoms with E-state index in [-0.39, 0.29) is 18.6 Å². The number of carbonyl (C=O) groups excluding carboxylic acids is 5. The van der Waals surface area contributed by atoms with Crippen molar-refractivity contribution in [3.8, 4) is 0 Å². The molecular formula is C31H34N4O9S. The number of amides is 4. The first kappa shape index (κ1) is 33.2.